The zero-order chi connectivity index (χ0) is 15.1. The quantitative estimate of drug-likeness (QED) is 0.446. The van der Waals surface area contributed by atoms with Crippen molar-refractivity contribution < 1.29 is 19.1 Å². The van der Waals surface area contributed by atoms with Crippen LogP contribution in [0.1, 0.15) is 20.8 Å². The van der Waals surface area contributed by atoms with Crippen molar-refractivity contribution in [3.63, 3.8) is 0 Å². The van der Waals surface area contributed by atoms with E-state index in [0.29, 0.717) is 11.5 Å². The number of hydrogen-bond donors (Lipinski definition) is 0. The van der Waals surface area contributed by atoms with Crippen LogP contribution in [-0.4, -0.2) is 51.3 Å². The Morgan fingerprint density at radius 2 is 2.10 bits per heavy atom. The number of rotatable bonds is 3. The molecule has 0 saturated carbocycles. The van der Waals surface area contributed by atoms with Gasteiger partial charge >= 0.3 is 5.97 Å². The first-order chi connectivity index (χ1) is 9.26. The van der Waals surface area contributed by atoms with Gasteiger partial charge in [-0.1, -0.05) is 0 Å². The Balaban J connectivity index is 2.33. The summed E-state index contributed by atoms with van der Waals surface area (Å²) in [5.41, 5.74) is 0.489. The van der Waals surface area contributed by atoms with Crippen LogP contribution in [0.15, 0.2) is 11.3 Å². The Labute approximate surface area is 126 Å². The number of carbonyl (C=O) groups excluding carboxylic acids is 3. The number of nitrogens with zero attached hydrogens (tertiary/aromatic N) is 1. The number of thioether (sulfide) groups is 2. The molecule has 1 atom stereocenters. The molecule has 0 unspecified atom stereocenters. The highest BCUT2D eigenvalue weighted by Crippen LogP contribution is 2.39. The van der Waals surface area contributed by atoms with Gasteiger partial charge in [-0.3, -0.25) is 14.5 Å². The minimum Gasteiger partial charge on any atom is -0.455 e. The molecule has 0 N–H and O–H groups in total. The number of esters is 1. The molecule has 0 radical (unpaired) electrons. The van der Waals surface area contributed by atoms with Gasteiger partial charge in [-0.2, -0.15) is 11.8 Å². The van der Waals surface area contributed by atoms with Gasteiger partial charge in [0.25, 0.3) is 11.7 Å². The fourth-order valence-corrected chi connectivity index (χ4v) is 3.94. The van der Waals surface area contributed by atoms with E-state index in [1.807, 2.05) is 6.26 Å². The highest BCUT2D eigenvalue weighted by molar-refractivity contribution is 8.01. The zero-order valence-corrected chi connectivity index (χ0v) is 13.5. The normalized spacial score (nSPS) is 22.6. The summed E-state index contributed by atoms with van der Waals surface area (Å²) in [6.45, 7) is 5.33. The minimum atomic E-state index is -0.632. The van der Waals surface area contributed by atoms with Crippen molar-refractivity contribution in [1.82, 2.24) is 4.90 Å². The molecular weight excluding hydrogens is 298 g/mol. The van der Waals surface area contributed by atoms with Crippen LogP contribution in [-0.2, 0) is 19.1 Å². The molecular formula is C13H17NO4S2. The number of ether oxygens (including phenoxy) is 1. The zero-order valence-electron chi connectivity index (χ0n) is 11.9. The van der Waals surface area contributed by atoms with Gasteiger partial charge in [-0.05, 0) is 32.6 Å². The number of ketones is 1. The van der Waals surface area contributed by atoms with Gasteiger partial charge in [-0.15, -0.1) is 11.8 Å². The molecule has 2 heterocycles. The molecule has 110 valence electrons. The molecule has 1 fully saturated rings. The van der Waals surface area contributed by atoms with Crippen LogP contribution >= 0.6 is 23.5 Å². The molecule has 1 amide bonds. The number of amides is 1. The molecule has 0 bridgehead atoms. The van der Waals surface area contributed by atoms with Crippen LogP contribution < -0.4 is 0 Å². The standard InChI is InChI=1S/C13H17NO4S2/c1-13(2,3)18-12(17)8-7(5-19-4)6-20-11-9(15)10(16)14(8)11/h11H,5-6H2,1-4H3/t11-/m0/s1. The molecule has 1 saturated heterocycles. The Morgan fingerprint density at radius 1 is 1.45 bits per heavy atom. The summed E-state index contributed by atoms with van der Waals surface area (Å²) in [7, 11) is 0. The minimum absolute atomic E-state index is 0.266. The predicted octanol–water partition coefficient (Wildman–Crippen LogP) is 1.43. The van der Waals surface area contributed by atoms with Gasteiger partial charge < -0.3 is 4.74 Å². The summed E-state index contributed by atoms with van der Waals surface area (Å²) < 4.78 is 5.37. The summed E-state index contributed by atoms with van der Waals surface area (Å²) in [5.74, 6) is -0.337. The van der Waals surface area contributed by atoms with E-state index in [1.54, 1.807) is 32.5 Å². The summed E-state index contributed by atoms with van der Waals surface area (Å²) in [6.07, 6.45) is 1.93. The maximum absolute atomic E-state index is 12.3. The van der Waals surface area contributed by atoms with Crippen LogP contribution in [0.4, 0.5) is 0 Å². The lowest BCUT2D eigenvalue weighted by atomic mass is 10.1. The SMILES string of the molecule is CSCC1=C(C(=O)OC(C)(C)C)N2C(=O)C(=O)[C@@H]2SC1. The van der Waals surface area contributed by atoms with Crippen molar-refractivity contribution in [1.29, 1.82) is 0 Å². The first kappa shape index (κ1) is 15.4. The second-order valence-electron chi connectivity index (χ2n) is 5.59. The maximum Gasteiger partial charge on any atom is 0.355 e. The average molecular weight is 315 g/mol. The van der Waals surface area contributed by atoms with Gasteiger partial charge in [0.05, 0.1) is 0 Å². The van der Waals surface area contributed by atoms with Gasteiger partial charge in [0.2, 0.25) is 0 Å². The van der Waals surface area contributed by atoms with E-state index in [2.05, 4.69) is 0 Å². The Morgan fingerprint density at radius 3 is 2.65 bits per heavy atom. The molecule has 0 aromatic rings. The lowest BCUT2D eigenvalue weighted by molar-refractivity contribution is -0.161. The van der Waals surface area contributed by atoms with E-state index in [1.165, 1.54) is 16.7 Å². The summed E-state index contributed by atoms with van der Waals surface area (Å²) in [6, 6.07) is 0. The number of hydrogen-bond acceptors (Lipinski definition) is 6. The van der Waals surface area contributed by atoms with Crippen molar-refractivity contribution in [2.75, 3.05) is 17.8 Å². The number of β-lactam (4-membered cyclic amide) rings is 1. The van der Waals surface area contributed by atoms with Crippen LogP contribution in [0.5, 0.6) is 0 Å². The van der Waals surface area contributed by atoms with Gasteiger partial charge in [0.15, 0.2) is 5.37 Å². The van der Waals surface area contributed by atoms with Crippen molar-refractivity contribution in [3.8, 4) is 0 Å². The highest BCUT2D eigenvalue weighted by atomic mass is 32.2. The smallest absolute Gasteiger partial charge is 0.355 e. The molecule has 2 aliphatic rings. The summed E-state index contributed by atoms with van der Waals surface area (Å²) in [4.78, 5) is 36.9. The third kappa shape index (κ3) is 2.74. The van der Waals surface area contributed by atoms with E-state index in [4.69, 9.17) is 4.74 Å². The molecule has 0 spiro atoms. The average Bonchev–Trinajstić information content (AvgIpc) is 2.35. The van der Waals surface area contributed by atoms with E-state index in [0.717, 1.165) is 5.57 Å². The van der Waals surface area contributed by atoms with E-state index < -0.39 is 28.6 Å². The van der Waals surface area contributed by atoms with Crippen LogP contribution in [0.2, 0.25) is 0 Å². The molecule has 0 aliphatic carbocycles. The van der Waals surface area contributed by atoms with Crippen LogP contribution in [0, 0.1) is 0 Å². The van der Waals surface area contributed by atoms with Gasteiger partial charge in [0.1, 0.15) is 11.3 Å². The summed E-state index contributed by atoms with van der Waals surface area (Å²) in [5, 5.41) is -0.546. The number of carbonyl (C=O) groups is 3. The van der Waals surface area contributed by atoms with E-state index >= 15 is 0 Å². The first-order valence-electron chi connectivity index (χ1n) is 6.19. The van der Waals surface area contributed by atoms with Crippen LogP contribution in [0.3, 0.4) is 0 Å². The van der Waals surface area contributed by atoms with Gasteiger partial charge in [0, 0.05) is 11.5 Å². The van der Waals surface area contributed by atoms with Crippen molar-refractivity contribution in [2.24, 2.45) is 0 Å². The van der Waals surface area contributed by atoms with Crippen molar-refractivity contribution in [3.05, 3.63) is 11.3 Å². The number of fused-ring (bicyclic) bond motifs is 1. The largest absolute Gasteiger partial charge is 0.455 e. The Kier molecular flexibility index (Phi) is 4.20. The Hall–Kier alpha value is -0.950. The molecule has 0 aromatic heterocycles. The summed E-state index contributed by atoms with van der Waals surface area (Å²) >= 11 is 2.96. The third-order valence-electron chi connectivity index (χ3n) is 2.79. The molecule has 0 aromatic carbocycles. The van der Waals surface area contributed by atoms with Crippen molar-refractivity contribution in [2.45, 2.75) is 31.7 Å². The fraction of sp³-hybridized carbons (Fsp3) is 0.615. The fourth-order valence-electron chi connectivity index (χ4n) is 2.02. The highest BCUT2D eigenvalue weighted by Gasteiger charge is 2.53. The molecule has 20 heavy (non-hydrogen) atoms. The first-order valence-corrected chi connectivity index (χ1v) is 8.64. The van der Waals surface area contributed by atoms with Crippen molar-refractivity contribution >= 4 is 41.2 Å². The maximum atomic E-state index is 12.3. The second-order valence-corrected chi connectivity index (χ2v) is 7.52. The lowest BCUT2D eigenvalue weighted by Gasteiger charge is -2.43. The second kappa shape index (κ2) is 5.44. The predicted molar refractivity (Wildman–Crippen MR) is 79.4 cm³/mol. The topological polar surface area (TPSA) is 63.7 Å². The van der Waals surface area contributed by atoms with E-state index in [-0.39, 0.29) is 5.70 Å². The monoisotopic (exact) mass is 315 g/mol. The molecule has 7 heteroatoms. The molecule has 2 aliphatic heterocycles. The van der Waals surface area contributed by atoms with E-state index in [9.17, 15) is 14.4 Å². The van der Waals surface area contributed by atoms with Crippen LogP contribution in [0.25, 0.3) is 0 Å². The molecule has 5 nitrogen and oxygen atoms in total. The molecule has 2 rings (SSSR count). The lowest BCUT2D eigenvalue weighted by Crippen LogP contribution is -2.62. The third-order valence-corrected chi connectivity index (χ3v) is 4.68. The Bertz CT molecular complexity index is 507. The number of Topliss-reactive ketones (excluding diaryl/α,β-unsaturated/α-hetero) is 1. The van der Waals surface area contributed by atoms with Gasteiger partial charge in [-0.25, -0.2) is 4.79 Å².